The summed E-state index contributed by atoms with van der Waals surface area (Å²) in [6.07, 6.45) is 1.61. The molecule has 1 amide bonds. The second-order valence-corrected chi connectivity index (χ2v) is 4.99. The molecule has 0 bridgehead atoms. The number of nitrogens with zero attached hydrogens (tertiary/aromatic N) is 3. The maximum atomic E-state index is 12.0. The van der Waals surface area contributed by atoms with Crippen molar-refractivity contribution in [3.63, 3.8) is 0 Å². The van der Waals surface area contributed by atoms with Crippen LogP contribution < -0.4 is 11.1 Å². The third-order valence-corrected chi connectivity index (χ3v) is 2.71. The highest BCUT2D eigenvalue weighted by Gasteiger charge is 2.23. The quantitative estimate of drug-likeness (QED) is 0.866. The lowest BCUT2D eigenvalue weighted by Crippen LogP contribution is -2.45. The molecule has 0 aliphatic heterocycles. The van der Waals surface area contributed by atoms with Gasteiger partial charge in [-0.2, -0.15) is 0 Å². The molecule has 2 aromatic rings. The fourth-order valence-electron chi connectivity index (χ4n) is 1.60. The topological polar surface area (TPSA) is 85.8 Å². The molecule has 2 rings (SSSR count). The minimum absolute atomic E-state index is 0.248. The van der Waals surface area contributed by atoms with Gasteiger partial charge in [-0.3, -0.25) is 4.79 Å². The molecule has 0 aliphatic carbocycles. The molecule has 6 nitrogen and oxygen atoms in total. The lowest BCUT2D eigenvalue weighted by molar-refractivity contribution is -0.120. The van der Waals surface area contributed by atoms with E-state index in [1.165, 1.54) is 0 Å². The number of aromatic nitrogens is 3. The Hall–Kier alpha value is -2.21. The largest absolute Gasteiger partial charge is 0.324 e. The van der Waals surface area contributed by atoms with Gasteiger partial charge in [-0.15, -0.1) is 10.2 Å². The van der Waals surface area contributed by atoms with E-state index in [9.17, 15) is 4.79 Å². The van der Waals surface area contributed by atoms with Gasteiger partial charge in [-0.1, -0.05) is 12.1 Å². The van der Waals surface area contributed by atoms with Gasteiger partial charge in [-0.25, -0.2) is 0 Å². The van der Waals surface area contributed by atoms with E-state index in [1.54, 1.807) is 24.7 Å². The molecule has 0 atom stereocenters. The average Bonchev–Trinajstić information content (AvgIpc) is 2.75. The lowest BCUT2D eigenvalue weighted by Gasteiger charge is -2.19. The zero-order chi connectivity index (χ0) is 14.0. The van der Waals surface area contributed by atoms with Crippen LogP contribution >= 0.6 is 0 Å². The van der Waals surface area contributed by atoms with Crippen LogP contribution in [0.3, 0.4) is 0 Å². The number of carbonyl (C=O) groups is 1. The number of rotatable bonds is 3. The number of amides is 1. The van der Waals surface area contributed by atoms with E-state index in [0.717, 1.165) is 5.56 Å². The Morgan fingerprint density at radius 3 is 2.63 bits per heavy atom. The van der Waals surface area contributed by atoms with Gasteiger partial charge in [0.25, 0.3) is 0 Å². The SMILES string of the molecule is Cn1cnnc1-c1ccccc1NC(=O)C(C)(C)N. The Bertz CT molecular complexity index is 597. The van der Waals surface area contributed by atoms with Crippen molar-refractivity contribution in [2.45, 2.75) is 19.4 Å². The van der Waals surface area contributed by atoms with Crippen molar-refractivity contribution in [1.82, 2.24) is 14.8 Å². The van der Waals surface area contributed by atoms with Crippen LogP contribution in [-0.2, 0) is 11.8 Å². The lowest BCUT2D eigenvalue weighted by atomic mass is 10.1. The molecule has 0 saturated heterocycles. The Morgan fingerprint density at radius 2 is 2.05 bits per heavy atom. The highest BCUT2D eigenvalue weighted by atomic mass is 16.2. The van der Waals surface area contributed by atoms with Crippen molar-refractivity contribution in [2.24, 2.45) is 12.8 Å². The Kier molecular flexibility index (Phi) is 3.35. The Morgan fingerprint density at radius 1 is 1.37 bits per heavy atom. The van der Waals surface area contributed by atoms with Gasteiger partial charge in [0.2, 0.25) is 5.91 Å². The summed E-state index contributed by atoms with van der Waals surface area (Å²) in [5.74, 6) is 0.438. The molecular weight excluding hydrogens is 242 g/mol. The molecule has 3 N–H and O–H groups in total. The van der Waals surface area contributed by atoms with Gasteiger partial charge in [-0.05, 0) is 26.0 Å². The predicted octanol–water partition coefficient (Wildman–Crippen LogP) is 1.16. The number of hydrogen-bond donors (Lipinski definition) is 2. The van der Waals surface area contributed by atoms with Crippen molar-refractivity contribution >= 4 is 11.6 Å². The first kappa shape index (κ1) is 13.2. The second-order valence-electron chi connectivity index (χ2n) is 4.99. The molecule has 1 aromatic heterocycles. The van der Waals surface area contributed by atoms with Gasteiger partial charge in [0, 0.05) is 12.6 Å². The zero-order valence-electron chi connectivity index (χ0n) is 11.2. The summed E-state index contributed by atoms with van der Waals surface area (Å²) in [4.78, 5) is 12.0. The van der Waals surface area contributed by atoms with E-state index >= 15 is 0 Å². The van der Waals surface area contributed by atoms with E-state index in [0.29, 0.717) is 11.5 Å². The second kappa shape index (κ2) is 4.81. The van der Waals surface area contributed by atoms with E-state index in [2.05, 4.69) is 15.5 Å². The normalized spacial score (nSPS) is 11.4. The number of aryl methyl sites for hydroxylation is 1. The third kappa shape index (κ3) is 2.79. The molecule has 19 heavy (non-hydrogen) atoms. The van der Waals surface area contributed by atoms with Crippen LogP contribution in [0.15, 0.2) is 30.6 Å². The van der Waals surface area contributed by atoms with Crippen LogP contribution in [-0.4, -0.2) is 26.2 Å². The van der Waals surface area contributed by atoms with Gasteiger partial charge in [0.1, 0.15) is 6.33 Å². The Labute approximate surface area is 111 Å². The first-order valence-corrected chi connectivity index (χ1v) is 5.93. The van der Waals surface area contributed by atoms with Crippen LogP contribution in [0.5, 0.6) is 0 Å². The summed E-state index contributed by atoms with van der Waals surface area (Å²) in [7, 11) is 1.85. The number of nitrogens with two attached hydrogens (primary N) is 1. The summed E-state index contributed by atoms with van der Waals surface area (Å²) < 4.78 is 1.79. The minimum atomic E-state index is -0.938. The average molecular weight is 259 g/mol. The molecular formula is C13H17N5O. The molecule has 1 heterocycles. The van der Waals surface area contributed by atoms with Crippen molar-refractivity contribution in [2.75, 3.05) is 5.32 Å². The van der Waals surface area contributed by atoms with Crippen molar-refractivity contribution in [3.05, 3.63) is 30.6 Å². The third-order valence-electron chi connectivity index (χ3n) is 2.71. The van der Waals surface area contributed by atoms with Crippen LogP contribution in [0.25, 0.3) is 11.4 Å². The maximum absolute atomic E-state index is 12.0. The van der Waals surface area contributed by atoms with E-state index in [4.69, 9.17) is 5.73 Å². The summed E-state index contributed by atoms with van der Waals surface area (Å²) in [5.41, 5.74) is 6.32. The van der Waals surface area contributed by atoms with E-state index < -0.39 is 5.54 Å². The smallest absolute Gasteiger partial charge is 0.243 e. The number of nitrogens with one attached hydrogen (secondary N) is 1. The monoisotopic (exact) mass is 259 g/mol. The molecule has 1 aromatic carbocycles. The zero-order valence-corrected chi connectivity index (χ0v) is 11.2. The minimum Gasteiger partial charge on any atom is -0.324 e. The molecule has 0 radical (unpaired) electrons. The van der Waals surface area contributed by atoms with Gasteiger partial charge in [0.15, 0.2) is 5.82 Å². The number of anilines is 1. The molecule has 0 fully saturated rings. The summed E-state index contributed by atoms with van der Waals surface area (Å²) in [6.45, 7) is 3.32. The van der Waals surface area contributed by atoms with Crippen molar-refractivity contribution < 1.29 is 4.79 Å². The van der Waals surface area contributed by atoms with E-state index in [1.807, 2.05) is 31.3 Å². The van der Waals surface area contributed by atoms with Crippen LogP contribution in [0.4, 0.5) is 5.69 Å². The summed E-state index contributed by atoms with van der Waals surface area (Å²) in [5, 5.41) is 10.7. The fraction of sp³-hybridized carbons (Fsp3) is 0.308. The van der Waals surface area contributed by atoms with Crippen LogP contribution in [0.1, 0.15) is 13.8 Å². The maximum Gasteiger partial charge on any atom is 0.243 e. The first-order chi connectivity index (χ1) is 8.89. The van der Waals surface area contributed by atoms with Crippen molar-refractivity contribution in [1.29, 1.82) is 0 Å². The molecule has 0 spiro atoms. The van der Waals surface area contributed by atoms with Gasteiger partial charge < -0.3 is 15.6 Å². The highest BCUT2D eigenvalue weighted by Crippen LogP contribution is 2.25. The number of carbonyl (C=O) groups excluding carboxylic acids is 1. The highest BCUT2D eigenvalue weighted by molar-refractivity contribution is 5.99. The van der Waals surface area contributed by atoms with E-state index in [-0.39, 0.29) is 5.91 Å². The van der Waals surface area contributed by atoms with Crippen LogP contribution in [0.2, 0.25) is 0 Å². The number of hydrogen-bond acceptors (Lipinski definition) is 4. The molecule has 0 saturated carbocycles. The summed E-state index contributed by atoms with van der Waals surface area (Å²) >= 11 is 0. The predicted molar refractivity (Wildman–Crippen MR) is 73.3 cm³/mol. The number of para-hydroxylation sites is 1. The first-order valence-electron chi connectivity index (χ1n) is 5.93. The molecule has 6 heteroatoms. The number of benzene rings is 1. The molecule has 0 unspecified atom stereocenters. The Balaban J connectivity index is 2.38. The molecule has 100 valence electrons. The van der Waals surface area contributed by atoms with Crippen molar-refractivity contribution in [3.8, 4) is 11.4 Å². The van der Waals surface area contributed by atoms with Crippen LogP contribution in [0, 0.1) is 0 Å². The standard InChI is InChI=1S/C13H17N5O/c1-13(2,14)12(19)16-10-7-5-4-6-9(10)11-17-15-8-18(11)3/h4-8H,14H2,1-3H3,(H,16,19). The van der Waals surface area contributed by atoms with Gasteiger partial charge in [0.05, 0.1) is 11.2 Å². The fourth-order valence-corrected chi connectivity index (χ4v) is 1.60. The molecule has 0 aliphatic rings. The summed E-state index contributed by atoms with van der Waals surface area (Å²) in [6, 6.07) is 7.42. The van der Waals surface area contributed by atoms with Gasteiger partial charge >= 0.3 is 0 Å².